The second-order valence-corrected chi connectivity index (χ2v) is 6.00. The maximum absolute atomic E-state index is 12.4. The summed E-state index contributed by atoms with van der Waals surface area (Å²) in [7, 11) is 0. The van der Waals surface area contributed by atoms with Crippen LogP contribution in [0.15, 0.2) is 44.9 Å². The highest BCUT2D eigenvalue weighted by atomic mass is 32.1. The third kappa shape index (κ3) is 2.78. The van der Waals surface area contributed by atoms with E-state index in [1.807, 2.05) is 49.6 Å². The SMILES string of the molecule is Cc1ccc(C)c(C(=O)Cn2nc(-c3cccs3)oc2=O)c1. The Labute approximate surface area is 130 Å². The molecular weight excluding hydrogens is 300 g/mol. The highest BCUT2D eigenvalue weighted by molar-refractivity contribution is 7.13. The Morgan fingerprint density at radius 3 is 2.86 bits per heavy atom. The predicted octanol–water partition coefficient (Wildman–Crippen LogP) is 3.06. The molecule has 0 amide bonds. The van der Waals surface area contributed by atoms with Crippen LogP contribution in [0.4, 0.5) is 0 Å². The number of carbonyl (C=O) groups is 1. The average molecular weight is 314 g/mol. The van der Waals surface area contributed by atoms with Gasteiger partial charge < -0.3 is 4.42 Å². The van der Waals surface area contributed by atoms with Gasteiger partial charge in [0.15, 0.2) is 5.78 Å². The van der Waals surface area contributed by atoms with E-state index in [1.54, 1.807) is 0 Å². The predicted molar refractivity (Wildman–Crippen MR) is 84.3 cm³/mol. The fourth-order valence-electron chi connectivity index (χ4n) is 2.16. The summed E-state index contributed by atoms with van der Waals surface area (Å²) >= 11 is 1.42. The molecule has 0 saturated heterocycles. The van der Waals surface area contributed by atoms with Gasteiger partial charge in [-0.2, -0.15) is 4.68 Å². The summed E-state index contributed by atoms with van der Waals surface area (Å²) in [5.41, 5.74) is 2.49. The average Bonchev–Trinajstić information content (AvgIpc) is 3.12. The lowest BCUT2D eigenvalue weighted by Crippen LogP contribution is -2.22. The van der Waals surface area contributed by atoms with Crippen LogP contribution in [-0.4, -0.2) is 15.6 Å². The van der Waals surface area contributed by atoms with Crippen molar-refractivity contribution in [3.63, 3.8) is 0 Å². The van der Waals surface area contributed by atoms with Crippen molar-refractivity contribution in [2.75, 3.05) is 0 Å². The van der Waals surface area contributed by atoms with Crippen LogP contribution < -0.4 is 5.76 Å². The maximum Gasteiger partial charge on any atom is 0.437 e. The van der Waals surface area contributed by atoms with E-state index < -0.39 is 5.76 Å². The molecule has 1 aromatic carbocycles. The first-order chi connectivity index (χ1) is 10.5. The molecule has 2 heterocycles. The number of aryl methyl sites for hydroxylation is 2. The molecule has 0 saturated carbocycles. The van der Waals surface area contributed by atoms with E-state index in [1.165, 1.54) is 11.3 Å². The lowest BCUT2D eigenvalue weighted by Gasteiger charge is -2.05. The van der Waals surface area contributed by atoms with Crippen LogP contribution in [0.5, 0.6) is 0 Å². The van der Waals surface area contributed by atoms with E-state index in [0.29, 0.717) is 5.56 Å². The summed E-state index contributed by atoms with van der Waals surface area (Å²) < 4.78 is 6.17. The molecule has 112 valence electrons. The quantitative estimate of drug-likeness (QED) is 0.694. The maximum atomic E-state index is 12.4. The summed E-state index contributed by atoms with van der Waals surface area (Å²) in [6, 6.07) is 9.32. The van der Waals surface area contributed by atoms with Crippen molar-refractivity contribution in [3.05, 3.63) is 63.0 Å². The van der Waals surface area contributed by atoms with Crippen molar-refractivity contribution < 1.29 is 9.21 Å². The minimum absolute atomic E-state index is 0.127. The second kappa shape index (κ2) is 5.73. The van der Waals surface area contributed by atoms with Crippen LogP contribution in [0.3, 0.4) is 0 Å². The molecule has 0 aliphatic heterocycles. The van der Waals surface area contributed by atoms with E-state index in [2.05, 4.69) is 5.10 Å². The second-order valence-electron chi connectivity index (χ2n) is 5.05. The number of hydrogen-bond donors (Lipinski definition) is 0. The number of thiophene rings is 1. The number of aromatic nitrogens is 2. The molecule has 0 bridgehead atoms. The smallest absolute Gasteiger partial charge is 0.387 e. The Hall–Kier alpha value is -2.47. The standard InChI is InChI=1S/C16H14N2O3S/c1-10-5-6-11(2)12(8-10)13(19)9-18-16(20)21-15(17-18)14-4-3-7-22-14/h3-8H,9H2,1-2H3. The molecule has 3 rings (SSSR count). The van der Waals surface area contributed by atoms with Gasteiger partial charge in [-0.05, 0) is 36.9 Å². The van der Waals surface area contributed by atoms with Crippen molar-refractivity contribution in [2.24, 2.45) is 0 Å². The van der Waals surface area contributed by atoms with E-state index in [4.69, 9.17) is 4.42 Å². The number of nitrogens with zero attached hydrogens (tertiary/aromatic N) is 2. The van der Waals surface area contributed by atoms with Gasteiger partial charge in [-0.3, -0.25) is 4.79 Å². The minimum Gasteiger partial charge on any atom is -0.387 e. The van der Waals surface area contributed by atoms with Gasteiger partial charge >= 0.3 is 5.76 Å². The molecule has 22 heavy (non-hydrogen) atoms. The first-order valence-corrected chi connectivity index (χ1v) is 7.65. The molecule has 0 aliphatic rings. The highest BCUT2D eigenvalue weighted by Crippen LogP contribution is 2.21. The molecule has 5 nitrogen and oxygen atoms in total. The summed E-state index contributed by atoms with van der Waals surface area (Å²) in [6.07, 6.45) is 0. The molecule has 0 N–H and O–H groups in total. The zero-order valence-corrected chi connectivity index (χ0v) is 13.0. The molecule has 0 spiro atoms. The minimum atomic E-state index is -0.623. The normalized spacial score (nSPS) is 10.8. The summed E-state index contributed by atoms with van der Waals surface area (Å²) in [6.45, 7) is 3.67. The first-order valence-electron chi connectivity index (χ1n) is 6.77. The van der Waals surface area contributed by atoms with Crippen LogP contribution in [0.2, 0.25) is 0 Å². The van der Waals surface area contributed by atoms with Crippen molar-refractivity contribution in [1.29, 1.82) is 0 Å². The lowest BCUT2D eigenvalue weighted by molar-refractivity contribution is 0.0964. The molecule has 0 fully saturated rings. The van der Waals surface area contributed by atoms with E-state index in [-0.39, 0.29) is 18.2 Å². The monoisotopic (exact) mass is 314 g/mol. The largest absolute Gasteiger partial charge is 0.437 e. The Balaban J connectivity index is 1.89. The van der Waals surface area contributed by atoms with Crippen LogP contribution in [0.25, 0.3) is 10.8 Å². The Morgan fingerprint density at radius 2 is 2.14 bits per heavy atom. The van der Waals surface area contributed by atoms with E-state index >= 15 is 0 Å². The Morgan fingerprint density at radius 1 is 1.32 bits per heavy atom. The number of benzene rings is 1. The molecule has 6 heteroatoms. The van der Waals surface area contributed by atoms with Gasteiger partial charge in [0.2, 0.25) is 0 Å². The van der Waals surface area contributed by atoms with Crippen molar-refractivity contribution in [3.8, 4) is 10.8 Å². The van der Waals surface area contributed by atoms with Crippen molar-refractivity contribution in [1.82, 2.24) is 9.78 Å². The topological polar surface area (TPSA) is 65.1 Å². The van der Waals surface area contributed by atoms with E-state index in [9.17, 15) is 9.59 Å². The Kier molecular flexibility index (Phi) is 3.77. The first kappa shape index (κ1) is 14.5. The van der Waals surface area contributed by atoms with Gasteiger partial charge in [-0.1, -0.05) is 23.8 Å². The van der Waals surface area contributed by atoms with Gasteiger partial charge in [-0.25, -0.2) is 4.79 Å². The third-order valence-electron chi connectivity index (χ3n) is 3.33. The van der Waals surface area contributed by atoms with Crippen molar-refractivity contribution >= 4 is 17.1 Å². The molecule has 3 aromatic rings. The highest BCUT2D eigenvalue weighted by Gasteiger charge is 2.16. The van der Waals surface area contributed by atoms with Gasteiger partial charge in [0.05, 0.1) is 4.88 Å². The summed E-state index contributed by atoms with van der Waals surface area (Å²) in [5.74, 6) is -0.537. The van der Waals surface area contributed by atoms with Crippen LogP contribution in [0, 0.1) is 13.8 Å². The number of hydrogen-bond acceptors (Lipinski definition) is 5. The van der Waals surface area contributed by atoms with Gasteiger partial charge in [0.25, 0.3) is 5.89 Å². The van der Waals surface area contributed by atoms with Crippen LogP contribution >= 0.6 is 11.3 Å². The molecule has 0 atom stereocenters. The van der Waals surface area contributed by atoms with Gasteiger partial charge in [-0.15, -0.1) is 16.4 Å². The number of carbonyl (C=O) groups excluding carboxylic acids is 1. The van der Waals surface area contributed by atoms with Crippen molar-refractivity contribution in [2.45, 2.75) is 20.4 Å². The summed E-state index contributed by atoms with van der Waals surface area (Å²) in [4.78, 5) is 25.0. The zero-order valence-electron chi connectivity index (χ0n) is 12.2. The van der Waals surface area contributed by atoms with Crippen LogP contribution in [0.1, 0.15) is 21.5 Å². The lowest BCUT2D eigenvalue weighted by atomic mass is 10.0. The third-order valence-corrected chi connectivity index (χ3v) is 4.18. The zero-order chi connectivity index (χ0) is 15.7. The molecule has 0 radical (unpaired) electrons. The molecule has 2 aromatic heterocycles. The number of ketones is 1. The van der Waals surface area contributed by atoms with E-state index in [0.717, 1.165) is 20.7 Å². The molecular formula is C16H14N2O3S. The Bertz CT molecular complexity index is 875. The van der Waals surface area contributed by atoms with Crippen LogP contribution in [-0.2, 0) is 6.54 Å². The fourth-order valence-corrected chi connectivity index (χ4v) is 2.81. The fraction of sp³-hybridized carbons (Fsp3) is 0.188. The van der Waals surface area contributed by atoms with Gasteiger partial charge in [0.1, 0.15) is 6.54 Å². The molecule has 0 unspecified atom stereocenters. The van der Waals surface area contributed by atoms with Gasteiger partial charge in [0, 0.05) is 5.56 Å². The molecule has 0 aliphatic carbocycles. The number of rotatable bonds is 4. The summed E-state index contributed by atoms with van der Waals surface area (Å²) in [5, 5.41) is 5.97. The number of Topliss-reactive ketones (excluding diaryl/α,β-unsaturated/α-hetero) is 1.